The number of rotatable bonds is 6. The summed E-state index contributed by atoms with van der Waals surface area (Å²) in [6, 6.07) is 3.77. The molecule has 0 unspecified atom stereocenters. The van der Waals surface area contributed by atoms with Crippen LogP contribution in [-0.4, -0.2) is 65.8 Å². The van der Waals surface area contributed by atoms with E-state index in [-0.39, 0.29) is 30.4 Å². The third kappa shape index (κ3) is 4.82. The molecule has 0 saturated carbocycles. The van der Waals surface area contributed by atoms with Crippen LogP contribution < -0.4 is 44.9 Å². The van der Waals surface area contributed by atoms with E-state index in [0.717, 1.165) is 42.1 Å². The predicted octanol–water partition coefficient (Wildman–Crippen LogP) is -7.27. The highest BCUT2D eigenvalue weighted by atomic mass is 35.5. The standard InChI is InChI=1S/C21H30N6O2.2ClH/c1-5-17-22-15(2)19-21(28)26(10-6-9-25-13-11-24(3)12-14-25)16-7-8-18(29-4)23-20(16)27(17)19;;/h7-8H,5-6,9-14H2,1-4H3;2*1H. The number of imidazole rings is 1. The number of ether oxygens (including phenoxy) is 1. The van der Waals surface area contributed by atoms with Crippen LogP contribution in [0.25, 0.3) is 16.7 Å². The van der Waals surface area contributed by atoms with E-state index >= 15 is 0 Å². The highest BCUT2D eigenvalue weighted by Gasteiger charge is 2.21. The zero-order valence-electron chi connectivity index (χ0n) is 18.7. The van der Waals surface area contributed by atoms with Crippen LogP contribution in [0.3, 0.4) is 0 Å². The lowest BCUT2D eigenvalue weighted by Gasteiger charge is -2.27. The van der Waals surface area contributed by atoms with Crippen LogP contribution in [0.15, 0.2) is 16.9 Å². The largest absolute Gasteiger partial charge is 1.00 e. The van der Waals surface area contributed by atoms with Crippen molar-refractivity contribution in [2.45, 2.75) is 33.2 Å². The SMILES string of the molecule is CCc1nc(C)c2c(=O)n(CCC[NH+]3CC[NH+](C)CC3)c3ccc(OC)nc3n12.[Cl-].[Cl-]. The van der Waals surface area contributed by atoms with Crippen LogP contribution in [0.5, 0.6) is 5.88 Å². The number of methoxy groups -OCH3 is 1. The average molecular weight is 471 g/mol. The number of halogens is 2. The lowest BCUT2D eigenvalue weighted by atomic mass is 10.2. The molecule has 1 saturated heterocycles. The van der Waals surface area contributed by atoms with E-state index in [1.54, 1.807) is 16.9 Å². The van der Waals surface area contributed by atoms with Crippen LogP contribution in [0.1, 0.15) is 24.9 Å². The lowest BCUT2D eigenvalue weighted by Crippen LogP contribution is -3.27. The summed E-state index contributed by atoms with van der Waals surface area (Å²) in [5, 5.41) is 0. The van der Waals surface area contributed by atoms with Crippen molar-refractivity contribution in [3.8, 4) is 5.88 Å². The van der Waals surface area contributed by atoms with E-state index in [2.05, 4.69) is 17.0 Å². The lowest BCUT2D eigenvalue weighted by molar-refractivity contribution is -1.00. The summed E-state index contributed by atoms with van der Waals surface area (Å²) >= 11 is 0. The Hall–Kier alpha value is -1.87. The van der Waals surface area contributed by atoms with Gasteiger partial charge in [0.05, 0.1) is 31.9 Å². The molecule has 31 heavy (non-hydrogen) atoms. The van der Waals surface area contributed by atoms with Crippen molar-refractivity contribution in [1.82, 2.24) is 18.9 Å². The number of aromatic nitrogens is 4. The number of quaternary nitrogens is 2. The summed E-state index contributed by atoms with van der Waals surface area (Å²) in [4.78, 5) is 26.0. The average Bonchev–Trinajstić information content (AvgIpc) is 3.08. The fourth-order valence-electron chi connectivity index (χ4n) is 4.44. The second-order valence-electron chi connectivity index (χ2n) is 8.11. The molecule has 0 bridgehead atoms. The van der Waals surface area contributed by atoms with Crippen LogP contribution in [0, 0.1) is 6.92 Å². The first-order valence-electron chi connectivity index (χ1n) is 10.6. The number of hydrogen-bond acceptors (Lipinski definition) is 4. The van der Waals surface area contributed by atoms with Crippen molar-refractivity contribution in [3.05, 3.63) is 34.0 Å². The van der Waals surface area contributed by atoms with Gasteiger partial charge in [-0.3, -0.25) is 9.20 Å². The second-order valence-corrected chi connectivity index (χ2v) is 8.11. The Labute approximate surface area is 195 Å². The van der Waals surface area contributed by atoms with E-state index in [9.17, 15) is 4.79 Å². The summed E-state index contributed by atoms with van der Waals surface area (Å²) in [6.45, 7) is 10.6. The van der Waals surface area contributed by atoms with Crippen molar-refractivity contribution in [1.29, 1.82) is 0 Å². The number of nitrogens with zero attached hydrogens (tertiary/aromatic N) is 4. The third-order valence-electron chi connectivity index (χ3n) is 6.15. The molecule has 0 aromatic carbocycles. The van der Waals surface area contributed by atoms with E-state index < -0.39 is 0 Å². The Morgan fingerprint density at radius 2 is 1.84 bits per heavy atom. The third-order valence-corrected chi connectivity index (χ3v) is 6.15. The molecule has 0 aliphatic carbocycles. The Kier molecular flexibility index (Phi) is 8.71. The normalized spacial score (nSPS) is 18.6. The molecule has 1 aliphatic rings. The van der Waals surface area contributed by atoms with Crippen LogP contribution >= 0.6 is 0 Å². The minimum Gasteiger partial charge on any atom is -1.00 e. The van der Waals surface area contributed by atoms with Crippen LogP contribution in [0.2, 0.25) is 0 Å². The first-order valence-corrected chi connectivity index (χ1v) is 10.6. The molecular weight excluding hydrogens is 439 g/mol. The van der Waals surface area contributed by atoms with Gasteiger partial charge in [-0.2, -0.15) is 4.98 Å². The summed E-state index contributed by atoms with van der Waals surface area (Å²) in [5.74, 6) is 1.40. The summed E-state index contributed by atoms with van der Waals surface area (Å²) in [5.41, 5.74) is 3.00. The highest BCUT2D eigenvalue weighted by Crippen LogP contribution is 2.20. The van der Waals surface area contributed by atoms with Crippen molar-refractivity contribution in [3.63, 3.8) is 0 Å². The first-order chi connectivity index (χ1) is 14.0. The maximum Gasteiger partial charge on any atom is 0.277 e. The van der Waals surface area contributed by atoms with Crippen molar-refractivity contribution >= 4 is 16.7 Å². The molecule has 4 heterocycles. The Bertz CT molecular complexity index is 1090. The van der Waals surface area contributed by atoms with Gasteiger partial charge >= 0.3 is 0 Å². The quantitative estimate of drug-likeness (QED) is 0.375. The number of fused-ring (bicyclic) bond motifs is 3. The van der Waals surface area contributed by atoms with Gasteiger partial charge < -0.3 is 43.9 Å². The molecule has 3 aromatic rings. The van der Waals surface area contributed by atoms with Gasteiger partial charge in [0.25, 0.3) is 5.56 Å². The molecule has 4 rings (SSSR count). The monoisotopic (exact) mass is 470 g/mol. The van der Waals surface area contributed by atoms with Crippen molar-refractivity contribution < 1.29 is 39.4 Å². The van der Waals surface area contributed by atoms with E-state index in [4.69, 9.17) is 4.74 Å². The van der Waals surface area contributed by atoms with Gasteiger partial charge in [0.15, 0.2) is 5.65 Å². The number of pyridine rings is 1. The maximum absolute atomic E-state index is 13.4. The number of hydrogen-bond donors (Lipinski definition) is 2. The summed E-state index contributed by atoms with van der Waals surface area (Å²) in [6.07, 6.45) is 1.71. The molecule has 3 aromatic heterocycles. The maximum atomic E-state index is 13.4. The summed E-state index contributed by atoms with van der Waals surface area (Å²) < 4.78 is 9.15. The van der Waals surface area contributed by atoms with Crippen LogP contribution in [-0.2, 0) is 13.0 Å². The van der Waals surface area contributed by atoms with Crippen molar-refractivity contribution in [2.24, 2.45) is 0 Å². The number of aryl methyl sites for hydroxylation is 3. The Balaban J connectivity index is 0.00000171. The molecule has 0 spiro atoms. The Morgan fingerprint density at radius 3 is 2.48 bits per heavy atom. The Morgan fingerprint density at radius 1 is 1.13 bits per heavy atom. The zero-order chi connectivity index (χ0) is 20.5. The van der Waals surface area contributed by atoms with Gasteiger partial charge in [0.1, 0.15) is 37.5 Å². The minimum atomic E-state index is 0. The molecule has 0 radical (unpaired) electrons. The molecule has 0 amide bonds. The van der Waals surface area contributed by atoms with Gasteiger partial charge in [-0.05, 0) is 13.0 Å². The molecule has 8 nitrogen and oxygen atoms in total. The molecule has 0 atom stereocenters. The fraction of sp³-hybridized carbons (Fsp3) is 0.571. The molecule has 1 fully saturated rings. The molecule has 1 aliphatic heterocycles. The molecule has 172 valence electrons. The van der Waals surface area contributed by atoms with Crippen LogP contribution in [0.4, 0.5) is 0 Å². The smallest absolute Gasteiger partial charge is 0.277 e. The number of nitrogens with one attached hydrogen (secondary N) is 2. The number of likely N-dealkylation sites (N-methyl/N-ethyl adjacent to an activating group) is 1. The van der Waals surface area contributed by atoms with Gasteiger partial charge in [-0.1, -0.05) is 6.92 Å². The van der Waals surface area contributed by atoms with Crippen molar-refractivity contribution in [2.75, 3.05) is 46.9 Å². The minimum absolute atomic E-state index is 0. The van der Waals surface area contributed by atoms with Gasteiger partial charge in [-0.25, -0.2) is 4.98 Å². The van der Waals surface area contributed by atoms with Gasteiger partial charge in [0.2, 0.25) is 5.88 Å². The molecular formula is C21H32Cl2N6O2. The first kappa shape index (κ1) is 25.4. The second kappa shape index (κ2) is 10.6. The van der Waals surface area contributed by atoms with Gasteiger partial charge in [0, 0.05) is 25.5 Å². The topological polar surface area (TPSA) is 70.3 Å². The fourth-order valence-corrected chi connectivity index (χ4v) is 4.44. The zero-order valence-corrected chi connectivity index (χ0v) is 20.2. The molecule has 2 N–H and O–H groups in total. The van der Waals surface area contributed by atoms with E-state index in [1.807, 2.05) is 34.9 Å². The predicted molar refractivity (Wildman–Crippen MR) is 112 cm³/mol. The van der Waals surface area contributed by atoms with E-state index in [1.165, 1.54) is 26.2 Å². The highest BCUT2D eigenvalue weighted by molar-refractivity contribution is 5.77. The van der Waals surface area contributed by atoms with E-state index in [0.29, 0.717) is 17.9 Å². The summed E-state index contributed by atoms with van der Waals surface area (Å²) in [7, 11) is 3.87. The number of piperazine rings is 1. The van der Waals surface area contributed by atoms with Gasteiger partial charge in [-0.15, -0.1) is 0 Å². The molecule has 10 heteroatoms.